The Morgan fingerprint density at radius 1 is 0.963 bits per heavy atom. The number of thioether (sulfide) groups is 1. The molecule has 0 radical (unpaired) electrons. The molecule has 0 spiro atoms. The van der Waals surface area contributed by atoms with E-state index in [1.807, 2.05) is 0 Å². The average molecular weight is 384 g/mol. The number of nitrogens with zero attached hydrogens (tertiary/aromatic N) is 2. The number of hydroxylamine groups is 2. The summed E-state index contributed by atoms with van der Waals surface area (Å²) in [7, 11) is 3.29. The van der Waals surface area contributed by atoms with Gasteiger partial charge in [-0.05, 0) is 24.3 Å². The first-order chi connectivity index (χ1) is 12.9. The van der Waals surface area contributed by atoms with Crippen molar-refractivity contribution in [3.8, 4) is 0 Å². The van der Waals surface area contributed by atoms with Gasteiger partial charge in [0.1, 0.15) is 0 Å². The summed E-state index contributed by atoms with van der Waals surface area (Å²) in [5.41, 5.74) is 0.551. The molecule has 2 aromatic rings. The Morgan fingerprint density at radius 3 is 2.11 bits per heavy atom. The van der Waals surface area contributed by atoms with E-state index in [2.05, 4.69) is 0 Å². The SMILES string of the molecule is CN(C)C(=O)CSc1ccccc1C(=O)ON1C(=O)c2ccccc2C1=O. The fourth-order valence-electron chi connectivity index (χ4n) is 2.41. The van der Waals surface area contributed by atoms with Crippen LogP contribution in [0.25, 0.3) is 0 Å². The highest BCUT2D eigenvalue weighted by atomic mass is 32.2. The maximum Gasteiger partial charge on any atom is 0.365 e. The van der Waals surface area contributed by atoms with E-state index in [-0.39, 0.29) is 28.4 Å². The molecule has 1 aliphatic rings. The van der Waals surface area contributed by atoms with Crippen LogP contribution in [0.1, 0.15) is 31.1 Å². The number of fused-ring (bicyclic) bond motifs is 1. The van der Waals surface area contributed by atoms with Gasteiger partial charge in [-0.1, -0.05) is 29.3 Å². The van der Waals surface area contributed by atoms with Crippen molar-refractivity contribution in [2.75, 3.05) is 19.8 Å². The summed E-state index contributed by atoms with van der Waals surface area (Å²) in [4.78, 5) is 56.0. The van der Waals surface area contributed by atoms with Crippen LogP contribution < -0.4 is 0 Å². The second kappa shape index (κ2) is 7.63. The van der Waals surface area contributed by atoms with Crippen LogP contribution in [0.2, 0.25) is 0 Å². The van der Waals surface area contributed by atoms with Crippen molar-refractivity contribution >= 4 is 35.5 Å². The lowest BCUT2D eigenvalue weighted by molar-refractivity contribution is -0.125. The molecule has 138 valence electrons. The number of hydrogen-bond donors (Lipinski definition) is 0. The van der Waals surface area contributed by atoms with Crippen molar-refractivity contribution < 1.29 is 24.0 Å². The van der Waals surface area contributed by atoms with Crippen molar-refractivity contribution in [1.82, 2.24) is 9.96 Å². The van der Waals surface area contributed by atoms with Gasteiger partial charge in [-0.3, -0.25) is 14.4 Å². The summed E-state index contributed by atoms with van der Waals surface area (Å²) in [6.07, 6.45) is 0. The largest absolute Gasteiger partial charge is 0.365 e. The first-order valence-corrected chi connectivity index (χ1v) is 9.01. The third kappa shape index (κ3) is 3.70. The molecule has 0 bridgehead atoms. The third-order valence-electron chi connectivity index (χ3n) is 3.89. The fraction of sp³-hybridized carbons (Fsp3) is 0.158. The number of rotatable bonds is 5. The molecule has 3 amide bonds. The van der Waals surface area contributed by atoms with Crippen molar-refractivity contribution in [1.29, 1.82) is 0 Å². The van der Waals surface area contributed by atoms with Gasteiger partial charge in [-0.25, -0.2) is 4.79 Å². The Bertz CT molecular complexity index is 906. The van der Waals surface area contributed by atoms with Gasteiger partial charge in [0.05, 0.1) is 22.4 Å². The Kier molecular flexibility index (Phi) is 5.27. The Morgan fingerprint density at radius 2 is 1.52 bits per heavy atom. The number of hydrogen-bond acceptors (Lipinski definition) is 6. The zero-order valence-corrected chi connectivity index (χ0v) is 15.5. The van der Waals surface area contributed by atoms with E-state index in [0.717, 1.165) is 0 Å². The molecule has 0 atom stereocenters. The van der Waals surface area contributed by atoms with Gasteiger partial charge in [-0.2, -0.15) is 0 Å². The molecule has 0 N–H and O–H groups in total. The highest BCUT2D eigenvalue weighted by Gasteiger charge is 2.39. The van der Waals surface area contributed by atoms with Crippen molar-refractivity contribution in [3.63, 3.8) is 0 Å². The zero-order valence-electron chi connectivity index (χ0n) is 14.7. The van der Waals surface area contributed by atoms with Gasteiger partial charge in [0.25, 0.3) is 11.8 Å². The summed E-state index contributed by atoms with van der Waals surface area (Å²) in [6, 6.07) is 12.8. The summed E-state index contributed by atoms with van der Waals surface area (Å²) < 4.78 is 0. The Labute approximate surface area is 159 Å². The van der Waals surface area contributed by atoms with E-state index >= 15 is 0 Å². The van der Waals surface area contributed by atoms with Gasteiger partial charge >= 0.3 is 5.97 Å². The summed E-state index contributed by atoms with van der Waals surface area (Å²) in [6.45, 7) is 0. The highest BCUT2D eigenvalue weighted by Crippen LogP contribution is 2.26. The minimum absolute atomic E-state index is 0.108. The molecule has 0 aliphatic carbocycles. The second-order valence-electron chi connectivity index (χ2n) is 5.90. The van der Waals surface area contributed by atoms with E-state index in [1.165, 1.54) is 34.9 Å². The van der Waals surface area contributed by atoms with Crippen LogP contribution in [0.3, 0.4) is 0 Å². The molecule has 0 unspecified atom stereocenters. The molecule has 1 aliphatic heterocycles. The van der Waals surface area contributed by atoms with Crippen LogP contribution in [0.4, 0.5) is 0 Å². The molecule has 1 heterocycles. The van der Waals surface area contributed by atoms with Gasteiger partial charge < -0.3 is 9.74 Å². The standard InChI is InChI=1S/C19H16N2O5S/c1-20(2)16(22)11-27-15-10-6-5-9-14(15)19(25)26-21-17(23)12-7-3-4-8-13(12)18(21)24/h3-10H,11H2,1-2H3. The van der Waals surface area contributed by atoms with E-state index in [0.29, 0.717) is 9.96 Å². The minimum atomic E-state index is -0.843. The monoisotopic (exact) mass is 384 g/mol. The number of imide groups is 1. The summed E-state index contributed by atoms with van der Waals surface area (Å²) >= 11 is 1.18. The van der Waals surface area contributed by atoms with Crippen LogP contribution in [-0.4, -0.2) is 53.5 Å². The number of amides is 3. The lowest BCUT2D eigenvalue weighted by Gasteiger charge is -2.15. The Balaban J connectivity index is 1.77. The van der Waals surface area contributed by atoms with Crippen LogP contribution in [-0.2, 0) is 9.63 Å². The maximum atomic E-state index is 12.6. The van der Waals surface area contributed by atoms with E-state index in [1.54, 1.807) is 44.4 Å². The Hall–Kier alpha value is -3.13. The van der Waals surface area contributed by atoms with Crippen molar-refractivity contribution in [2.45, 2.75) is 4.90 Å². The molecule has 8 heteroatoms. The van der Waals surface area contributed by atoms with Crippen molar-refractivity contribution in [2.24, 2.45) is 0 Å². The normalized spacial score (nSPS) is 12.7. The summed E-state index contributed by atoms with van der Waals surface area (Å²) in [5, 5.41) is 0.472. The second-order valence-corrected chi connectivity index (χ2v) is 6.92. The van der Waals surface area contributed by atoms with Gasteiger partial charge in [0, 0.05) is 19.0 Å². The molecule has 0 fully saturated rings. The van der Waals surface area contributed by atoms with E-state index in [4.69, 9.17) is 4.84 Å². The van der Waals surface area contributed by atoms with E-state index in [9.17, 15) is 19.2 Å². The molecule has 7 nitrogen and oxygen atoms in total. The van der Waals surface area contributed by atoms with E-state index < -0.39 is 17.8 Å². The van der Waals surface area contributed by atoms with Gasteiger partial charge in [-0.15, -0.1) is 11.8 Å². The quantitative estimate of drug-likeness (QED) is 0.581. The highest BCUT2D eigenvalue weighted by molar-refractivity contribution is 8.00. The molecule has 3 rings (SSSR count). The first kappa shape index (κ1) is 18.7. The van der Waals surface area contributed by atoms with Crippen LogP contribution in [0.15, 0.2) is 53.4 Å². The zero-order chi connectivity index (χ0) is 19.6. The third-order valence-corrected chi connectivity index (χ3v) is 4.95. The average Bonchev–Trinajstić information content (AvgIpc) is 2.91. The maximum absolute atomic E-state index is 12.6. The molecule has 27 heavy (non-hydrogen) atoms. The molecule has 0 saturated heterocycles. The number of carbonyl (C=O) groups is 4. The molecule has 0 saturated carbocycles. The summed E-state index contributed by atoms with van der Waals surface area (Å²) in [5.74, 6) is -2.17. The number of carbonyl (C=O) groups excluding carboxylic acids is 4. The van der Waals surface area contributed by atoms with Crippen LogP contribution >= 0.6 is 11.8 Å². The van der Waals surface area contributed by atoms with Crippen LogP contribution in [0, 0.1) is 0 Å². The predicted octanol–water partition coefficient (Wildman–Crippen LogP) is 2.23. The number of benzene rings is 2. The first-order valence-electron chi connectivity index (χ1n) is 8.02. The lowest BCUT2D eigenvalue weighted by Crippen LogP contribution is -2.32. The van der Waals surface area contributed by atoms with Crippen LogP contribution in [0.5, 0.6) is 0 Å². The van der Waals surface area contributed by atoms with Gasteiger partial charge in [0.2, 0.25) is 5.91 Å². The fourth-order valence-corrected chi connectivity index (χ4v) is 3.43. The molecular weight excluding hydrogens is 368 g/mol. The predicted molar refractivity (Wildman–Crippen MR) is 98.2 cm³/mol. The molecule has 2 aromatic carbocycles. The van der Waals surface area contributed by atoms with Gasteiger partial charge in [0.15, 0.2) is 0 Å². The molecule has 0 aromatic heterocycles. The van der Waals surface area contributed by atoms with Crippen molar-refractivity contribution in [3.05, 3.63) is 65.2 Å². The topological polar surface area (TPSA) is 84.0 Å². The lowest BCUT2D eigenvalue weighted by atomic mass is 10.1. The minimum Gasteiger partial charge on any atom is -0.348 e. The molecular formula is C19H16N2O5S. The smallest absolute Gasteiger partial charge is 0.348 e.